The van der Waals surface area contributed by atoms with Gasteiger partial charge in [0.1, 0.15) is 23.4 Å². The number of urea groups is 1. The molecule has 44 heavy (non-hydrogen) atoms. The van der Waals surface area contributed by atoms with Crippen LogP contribution in [0.4, 0.5) is 33.9 Å². The molecule has 2 fully saturated rings. The summed E-state index contributed by atoms with van der Waals surface area (Å²) in [6, 6.07) is 7.70. The van der Waals surface area contributed by atoms with Crippen LogP contribution < -0.4 is 20.4 Å². The van der Waals surface area contributed by atoms with Gasteiger partial charge in [-0.15, -0.1) is 0 Å². The zero-order valence-electron chi connectivity index (χ0n) is 23.5. The number of hydrogen-bond donors (Lipinski definition) is 2. The normalized spacial score (nSPS) is 16.7. The van der Waals surface area contributed by atoms with Crippen LogP contribution in [-0.2, 0) is 11.0 Å². The molecule has 10 nitrogen and oxygen atoms in total. The highest BCUT2D eigenvalue weighted by atomic mass is 19.4. The van der Waals surface area contributed by atoms with Gasteiger partial charge in [0.2, 0.25) is 0 Å². The number of benzene rings is 1. The molecule has 14 heteroatoms. The molecular formula is C30H27F4N7O3. The number of nitrogens with zero attached hydrogens (tertiary/aromatic N) is 5. The Hall–Kier alpha value is -5.03. The largest absolute Gasteiger partial charge is 0.416 e. The molecule has 2 aliphatic rings. The number of rotatable bonds is 5. The number of aromatic nitrogens is 2. The fourth-order valence-electron chi connectivity index (χ4n) is 4.84. The number of carbonyl (C=O) groups is 3. The minimum absolute atomic E-state index is 0.0104. The SMILES string of the molecule is Cc1cc(C(F)(F)F)cc(N2C(=O)NC[C@H]2C(=O)N(CC#Cc2ccc(C(=O)N3CCNCC3)nc2)c2ccc(F)cc2)n1. The van der Waals surface area contributed by atoms with Gasteiger partial charge in [-0.05, 0) is 55.5 Å². The summed E-state index contributed by atoms with van der Waals surface area (Å²) in [5.41, 5.74) is -0.000203. The van der Waals surface area contributed by atoms with Crippen molar-refractivity contribution in [3.05, 3.63) is 83.1 Å². The number of pyridine rings is 2. The van der Waals surface area contributed by atoms with Crippen molar-refractivity contribution in [1.82, 2.24) is 25.5 Å². The first-order valence-corrected chi connectivity index (χ1v) is 13.7. The van der Waals surface area contributed by atoms with E-state index in [1.54, 1.807) is 17.0 Å². The van der Waals surface area contributed by atoms with Crippen molar-refractivity contribution in [1.29, 1.82) is 0 Å². The number of carbonyl (C=O) groups excluding carboxylic acids is 3. The van der Waals surface area contributed by atoms with Crippen LogP contribution in [-0.4, -0.2) is 78.0 Å². The molecule has 4 heterocycles. The Balaban J connectivity index is 1.39. The number of nitrogens with one attached hydrogen (secondary N) is 2. The number of piperazine rings is 1. The van der Waals surface area contributed by atoms with Crippen LogP contribution in [0, 0.1) is 24.6 Å². The highest BCUT2D eigenvalue weighted by molar-refractivity contribution is 6.08. The van der Waals surface area contributed by atoms with Crippen LogP contribution in [0.25, 0.3) is 0 Å². The molecule has 2 aliphatic heterocycles. The van der Waals surface area contributed by atoms with Gasteiger partial charge < -0.3 is 15.5 Å². The van der Waals surface area contributed by atoms with E-state index >= 15 is 0 Å². The Labute approximate surface area is 250 Å². The molecule has 0 aliphatic carbocycles. The molecule has 228 valence electrons. The van der Waals surface area contributed by atoms with Gasteiger partial charge >= 0.3 is 12.2 Å². The predicted octanol–water partition coefficient (Wildman–Crippen LogP) is 2.97. The minimum Gasteiger partial charge on any atom is -0.335 e. The summed E-state index contributed by atoms with van der Waals surface area (Å²) in [6.07, 6.45) is -3.26. The highest BCUT2D eigenvalue weighted by Gasteiger charge is 2.41. The van der Waals surface area contributed by atoms with Gasteiger partial charge in [0, 0.05) is 55.9 Å². The smallest absolute Gasteiger partial charge is 0.335 e. The second kappa shape index (κ2) is 12.7. The number of amides is 4. The maximum atomic E-state index is 13.9. The van der Waals surface area contributed by atoms with E-state index in [2.05, 4.69) is 32.4 Å². The van der Waals surface area contributed by atoms with Crippen LogP contribution in [0.1, 0.15) is 27.3 Å². The third-order valence-corrected chi connectivity index (χ3v) is 7.04. The van der Waals surface area contributed by atoms with Gasteiger partial charge in [0.05, 0.1) is 12.1 Å². The quantitative estimate of drug-likeness (QED) is 0.340. The number of alkyl halides is 3. The molecule has 1 aromatic carbocycles. The number of hydrogen-bond acceptors (Lipinski definition) is 6. The average Bonchev–Trinajstić information content (AvgIpc) is 3.40. The average molecular weight is 610 g/mol. The predicted molar refractivity (Wildman–Crippen MR) is 152 cm³/mol. The van der Waals surface area contributed by atoms with Crippen molar-refractivity contribution in [3.63, 3.8) is 0 Å². The first kappa shape index (κ1) is 30.4. The van der Waals surface area contributed by atoms with Crippen LogP contribution in [0.2, 0.25) is 0 Å². The van der Waals surface area contributed by atoms with Crippen molar-refractivity contribution in [3.8, 4) is 11.8 Å². The molecule has 0 bridgehead atoms. The lowest BCUT2D eigenvalue weighted by molar-refractivity contribution is -0.137. The van der Waals surface area contributed by atoms with Crippen molar-refractivity contribution in [2.24, 2.45) is 0 Å². The summed E-state index contributed by atoms with van der Waals surface area (Å²) in [6.45, 7) is 3.52. The summed E-state index contributed by atoms with van der Waals surface area (Å²) >= 11 is 0. The Morgan fingerprint density at radius 3 is 2.48 bits per heavy atom. The summed E-state index contributed by atoms with van der Waals surface area (Å²) < 4.78 is 54.2. The van der Waals surface area contributed by atoms with Crippen LogP contribution in [0.15, 0.2) is 54.7 Å². The topological polar surface area (TPSA) is 111 Å². The summed E-state index contributed by atoms with van der Waals surface area (Å²) in [5, 5.41) is 5.67. The maximum Gasteiger partial charge on any atom is 0.416 e. The van der Waals surface area contributed by atoms with Crippen LogP contribution in [0.3, 0.4) is 0 Å². The third kappa shape index (κ3) is 6.78. The van der Waals surface area contributed by atoms with E-state index in [1.165, 1.54) is 30.2 Å². The van der Waals surface area contributed by atoms with Crippen molar-refractivity contribution in [2.75, 3.05) is 49.1 Å². The Bertz CT molecular complexity index is 1610. The molecule has 2 aromatic heterocycles. The van der Waals surface area contributed by atoms with Crippen molar-refractivity contribution in [2.45, 2.75) is 19.1 Å². The third-order valence-electron chi connectivity index (χ3n) is 7.04. The Kier molecular flexibility index (Phi) is 8.77. The second-order valence-electron chi connectivity index (χ2n) is 10.1. The first-order chi connectivity index (χ1) is 21.0. The van der Waals surface area contributed by atoms with Gasteiger partial charge in [0.25, 0.3) is 11.8 Å². The Morgan fingerprint density at radius 1 is 1.09 bits per heavy atom. The van der Waals surface area contributed by atoms with Crippen molar-refractivity contribution < 1.29 is 31.9 Å². The Morgan fingerprint density at radius 2 is 1.82 bits per heavy atom. The number of halogens is 4. The fraction of sp³-hybridized carbons (Fsp3) is 0.300. The number of aryl methyl sites for hydroxylation is 1. The molecule has 0 spiro atoms. The summed E-state index contributed by atoms with van der Waals surface area (Å²) in [5.74, 6) is 4.01. The molecule has 2 N–H and O–H groups in total. The van der Waals surface area contributed by atoms with E-state index in [4.69, 9.17) is 0 Å². The lowest BCUT2D eigenvalue weighted by Crippen LogP contribution is -2.48. The molecule has 1 atom stereocenters. The monoisotopic (exact) mass is 609 g/mol. The van der Waals surface area contributed by atoms with Crippen LogP contribution >= 0.6 is 0 Å². The molecule has 3 aromatic rings. The maximum absolute atomic E-state index is 13.9. The number of anilines is 2. The molecule has 0 radical (unpaired) electrons. The van der Waals surface area contributed by atoms with E-state index in [0.717, 1.165) is 23.1 Å². The lowest BCUT2D eigenvalue weighted by Gasteiger charge is -2.28. The molecule has 5 rings (SSSR count). The molecule has 0 unspecified atom stereocenters. The van der Waals surface area contributed by atoms with Crippen molar-refractivity contribution >= 4 is 29.4 Å². The first-order valence-electron chi connectivity index (χ1n) is 13.7. The molecule has 2 saturated heterocycles. The van der Waals surface area contributed by atoms with Gasteiger partial charge in [0.15, 0.2) is 0 Å². The standard InChI is InChI=1S/C30H27F4N7O3/c1-19-15-21(30(32,33)34)16-26(38-19)41-25(18-37-29(41)44)28(43)40(23-7-5-22(31)6-8-23)12-2-3-20-4-9-24(36-17-20)27(42)39-13-10-35-11-14-39/h4-9,15-17,25,35H,10-14,18H2,1H3,(H,37,44)/t25-/m0/s1. The minimum atomic E-state index is -4.70. The van der Waals surface area contributed by atoms with E-state index in [9.17, 15) is 31.9 Å². The van der Waals surface area contributed by atoms with E-state index in [0.29, 0.717) is 37.8 Å². The highest BCUT2D eigenvalue weighted by Crippen LogP contribution is 2.33. The van der Waals surface area contributed by atoms with Gasteiger partial charge in [-0.25, -0.2) is 19.2 Å². The zero-order chi connectivity index (χ0) is 31.4. The lowest BCUT2D eigenvalue weighted by atomic mass is 10.1. The van der Waals surface area contributed by atoms with Gasteiger partial charge in [-0.3, -0.25) is 19.4 Å². The van der Waals surface area contributed by atoms with Gasteiger partial charge in [-0.1, -0.05) is 11.8 Å². The van der Waals surface area contributed by atoms with Gasteiger partial charge in [-0.2, -0.15) is 13.2 Å². The molecular weight excluding hydrogens is 582 g/mol. The zero-order valence-corrected chi connectivity index (χ0v) is 23.5. The van der Waals surface area contributed by atoms with E-state index in [1.807, 2.05) is 0 Å². The molecule has 4 amide bonds. The van der Waals surface area contributed by atoms with Crippen LogP contribution in [0.5, 0.6) is 0 Å². The second-order valence-corrected chi connectivity index (χ2v) is 10.1. The van der Waals surface area contributed by atoms with E-state index in [-0.39, 0.29) is 41.9 Å². The van der Waals surface area contributed by atoms with E-state index < -0.39 is 35.5 Å². The fourth-order valence-corrected chi connectivity index (χ4v) is 4.84. The molecule has 0 saturated carbocycles. The summed E-state index contributed by atoms with van der Waals surface area (Å²) in [7, 11) is 0. The summed E-state index contributed by atoms with van der Waals surface area (Å²) in [4.78, 5) is 51.4.